The van der Waals surface area contributed by atoms with Gasteiger partial charge in [0.1, 0.15) is 11.8 Å². The number of imide groups is 1. The monoisotopic (exact) mass is 563 g/mol. The second-order valence-corrected chi connectivity index (χ2v) is 11.1. The van der Waals surface area contributed by atoms with Crippen LogP contribution in [0.5, 0.6) is 5.75 Å². The Bertz CT molecular complexity index is 1550. The van der Waals surface area contributed by atoms with Crippen LogP contribution in [-0.4, -0.2) is 47.1 Å². The van der Waals surface area contributed by atoms with Gasteiger partial charge in [0.25, 0.3) is 0 Å². The first kappa shape index (κ1) is 27.3. The molecular formula is C34H29NO7. The molecule has 1 aliphatic heterocycles. The van der Waals surface area contributed by atoms with Gasteiger partial charge in [-0.2, -0.15) is 0 Å². The number of nitrogens with zero attached hydrogens (tertiary/aromatic N) is 1. The highest BCUT2D eigenvalue weighted by atomic mass is 16.5. The zero-order chi connectivity index (χ0) is 29.4. The third-order valence-electron chi connectivity index (χ3n) is 8.38. The second kappa shape index (κ2) is 11.2. The lowest BCUT2D eigenvalue weighted by molar-refractivity contribution is -0.158. The van der Waals surface area contributed by atoms with Gasteiger partial charge in [-0.25, -0.2) is 9.59 Å². The number of hydrogen-bond acceptors (Lipinski definition) is 7. The molecule has 0 spiro atoms. The summed E-state index contributed by atoms with van der Waals surface area (Å²) in [7, 11) is 0. The highest BCUT2D eigenvalue weighted by Crippen LogP contribution is 2.53. The fraction of sp³-hybridized carbons (Fsp3) is 0.265. The molecular weight excluding hydrogens is 534 g/mol. The van der Waals surface area contributed by atoms with Crippen LogP contribution in [0.2, 0.25) is 0 Å². The summed E-state index contributed by atoms with van der Waals surface area (Å²) < 4.78 is 10.8. The van der Waals surface area contributed by atoms with Crippen LogP contribution in [-0.2, 0) is 25.5 Å². The maximum Gasteiger partial charge on any atom is 0.343 e. The molecule has 2 amide bonds. The number of carbonyl (C=O) groups is 5. The van der Waals surface area contributed by atoms with Gasteiger partial charge in [0, 0.05) is 12.0 Å². The molecule has 42 heavy (non-hydrogen) atoms. The zero-order valence-electron chi connectivity index (χ0n) is 23.0. The molecule has 3 aromatic rings. The average Bonchev–Trinajstić information content (AvgIpc) is 3.69. The lowest BCUT2D eigenvalue weighted by Crippen LogP contribution is -2.48. The van der Waals surface area contributed by atoms with Crippen molar-refractivity contribution >= 4 is 29.5 Å². The van der Waals surface area contributed by atoms with Crippen molar-refractivity contribution in [1.82, 2.24) is 4.90 Å². The van der Waals surface area contributed by atoms with Crippen LogP contribution in [0.25, 0.3) is 0 Å². The summed E-state index contributed by atoms with van der Waals surface area (Å²) in [5.41, 5.74) is 2.44. The number of Topliss-reactive ketones (excluding diaryl/α,β-unsaturated/α-hetero) is 1. The molecule has 1 heterocycles. The minimum Gasteiger partial charge on any atom is -0.456 e. The SMILES string of the molecule is Cc1ccc(C(=O)Oc2ccc(C(=O)COC(=O)C(Cc3ccccc3)N3C(=O)C4C5C=CC(C5)C4C3=O)cc2)cc1. The minimum atomic E-state index is -1.17. The number of esters is 2. The van der Waals surface area contributed by atoms with Gasteiger partial charge in [0.05, 0.1) is 17.4 Å². The van der Waals surface area contributed by atoms with E-state index < -0.39 is 42.2 Å². The summed E-state index contributed by atoms with van der Waals surface area (Å²) in [6, 6.07) is 20.8. The van der Waals surface area contributed by atoms with E-state index in [2.05, 4.69) is 0 Å². The summed E-state index contributed by atoms with van der Waals surface area (Å²) in [6.07, 6.45) is 4.87. The third kappa shape index (κ3) is 5.16. The highest BCUT2D eigenvalue weighted by Gasteiger charge is 2.61. The normalized spacial score (nSPS) is 22.6. The number of amides is 2. The van der Waals surface area contributed by atoms with E-state index in [1.54, 1.807) is 12.1 Å². The fourth-order valence-electron chi connectivity index (χ4n) is 6.23. The first-order valence-corrected chi connectivity index (χ1v) is 14.0. The van der Waals surface area contributed by atoms with Gasteiger partial charge < -0.3 is 9.47 Å². The fourth-order valence-corrected chi connectivity index (χ4v) is 6.23. The van der Waals surface area contributed by atoms with Crippen LogP contribution in [0.15, 0.2) is 91.0 Å². The molecule has 3 aliphatic rings. The summed E-state index contributed by atoms with van der Waals surface area (Å²) in [5.74, 6) is -3.11. The Balaban J connectivity index is 1.12. The Hall–Kier alpha value is -4.85. The Morgan fingerprint density at radius 2 is 1.40 bits per heavy atom. The predicted octanol–water partition coefficient (Wildman–Crippen LogP) is 4.36. The molecule has 0 aromatic heterocycles. The Morgan fingerprint density at radius 1 is 0.810 bits per heavy atom. The Kier molecular flexibility index (Phi) is 7.29. The highest BCUT2D eigenvalue weighted by molar-refractivity contribution is 6.09. The molecule has 2 aliphatic carbocycles. The maximum absolute atomic E-state index is 13.5. The molecule has 0 N–H and O–H groups in total. The zero-order valence-corrected chi connectivity index (χ0v) is 23.0. The van der Waals surface area contributed by atoms with Crippen molar-refractivity contribution in [3.05, 3.63) is 113 Å². The van der Waals surface area contributed by atoms with Crippen LogP contribution in [0.1, 0.15) is 38.3 Å². The molecule has 1 saturated carbocycles. The van der Waals surface area contributed by atoms with E-state index in [0.717, 1.165) is 22.4 Å². The maximum atomic E-state index is 13.5. The van der Waals surface area contributed by atoms with Crippen molar-refractivity contribution in [2.45, 2.75) is 25.8 Å². The number of aryl methyl sites for hydroxylation is 1. The number of benzene rings is 3. The minimum absolute atomic E-state index is 0.00978. The topological polar surface area (TPSA) is 107 Å². The number of ketones is 1. The van der Waals surface area contributed by atoms with Gasteiger partial charge in [0.2, 0.25) is 11.8 Å². The van der Waals surface area contributed by atoms with Crippen molar-refractivity contribution < 1.29 is 33.4 Å². The molecule has 8 heteroatoms. The van der Waals surface area contributed by atoms with Gasteiger partial charge in [-0.3, -0.25) is 19.3 Å². The van der Waals surface area contributed by atoms with Crippen molar-refractivity contribution in [1.29, 1.82) is 0 Å². The third-order valence-corrected chi connectivity index (χ3v) is 8.38. The van der Waals surface area contributed by atoms with Crippen molar-refractivity contribution in [3.8, 4) is 5.75 Å². The van der Waals surface area contributed by atoms with Gasteiger partial charge in [-0.05, 0) is 67.1 Å². The molecule has 0 radical (unpaired) electrons. The molecule has 2 bridgehead atoms. The first-order valence-electron chi connectivity index (χ1n) is 14.0. The van der Waals surface area contributed by atoms with E-state index in [4.69, 9.17) is 9.47 Å². The number of carbonyl (C=O) groups excluding carboxylic acids is 5. The van der Waals surface area contributed by atoms with E-state index in [1.165, 1.54) is 24.3 Å². The standard InChI is InChI=1S/C34H29NO7/c1-20-7-9-23(10-8-20)33(39)42-26-15-13-22(14-16-26)28(36)19-41-34(40)27(17-21-5-3-2-4-6-21)35-31(37)29-24-11-12-25(18-24)30(29)32(35)38/h2-16,24-25,27,29-30H,17-19H2,1H3. The predicted molar refractivity (Wildman–Crippen MR) is 151 cm³/mol. The first-order chi connectivity index (χ1) is 20.3. The number of allylic oxidation sites excluding steroid dienone is 2. The average molecular weight is 564 g/mol. The number of hydrogen-bond donors (Lipinski definition) is 0. The van der Waals surface area contributed by atoms with E-state index in [0.29, 0.717) is 5.56 Å². The van der Waals surface area contributed by atoms with E-state index in [9.17, 15) is 24.0 Å². The molecule has 3 aromatic carbocycles. The molecule has 1 saturated heterocycles. The van der Waals surface area contributed by atoms with Gasteiger partial charge in [-0.15, -0.1) is 0 Å². The molecule has 8 nitrogen and oxygen atoms in total. The van der Waals surface area contributed by atoms with Crippen LogP contribution >= 0.6 is 0 Å². The van der Waals surface area contributed by atoms with Crippen molar-refractivity contribution in [2.75, 3.05) is 6.61 Å². The van der Waals surface area contributed by atoms with Crippen LogP contribution in [0, 0.1) is 30.6 Å². The van der Waals surface area contributed by atoms with Crippen LogP contribution in [0.4, 0.5) is 0 Å². The van der Waals surface area contributed by atoms with Crippen LogP contribution < -0.4 is 4.74 Å². The number of rotatable bonds is 9. The Labute approximate surface area is 242 Å². The summed E-state index contributed by atoms with van der Waals surface area (Å²) in [6.45, 7) is 1.35. The van der Waals surface area contributed by atoms with Gasteiger partial charge >= 0.3 is 11.9 Å². The molecule has 5 atom stereocenters. The summed E-state index contributed by atoms with van der Waals surface area (Å²) in [5, 5.41) is 0. The van der Waals surface area contributed by atoms with Crippen LogP contribution in [0.3, 0.4) is 0 Å². The lowest BCUT2D eigenvalue weighted by atomic mass is 9.85. The molecule has 2 fully saturated rings. The lowest BCUT2D eigenvalue weighted by Gasteiger charge is -2.26. The molecule has 212 valence electrons. The van der Waals surface area contributed by atoms with Gasteiger partial charge in [-0.1, -0.05) is 60.2 Å². The molecule has 6 rings (SSSR count). The van der Waals surface area contributed by atoms with E-state index in [1.807, 2.05) is 61.5 Å². The van der Waals surface area contributed by atoms with E-state index >= 15 is 0 Å². The number of ether oxygens (including phenoxy) is 2. The second-order valence-electron chi connectivity index (χ2n) is 11.1. The summed E-state index contributed by atoms with van der Waals surface area (Å²) >= 11 is 0. The quantitative estimate of drug-likeness (QED) is 0.125. The van der Waals surface area contributed by atoms with Crippen molar-refractivity contribution in [2.24, 2.45) is 23.7 Å². The number of likely N-dealkylation sites (tertiary alicyclic amines) is 1. The summed E-state index contributed by atoms with van der Waals surface area (Å²) in [4.78, 5) is 66.6. The van der Waals surface area contributed by atoms with Crippen molar-refractivity contribution in [3.63, 3.8) is 0 Å². The Morgan fingerprint density at radius 3 is 2.02 bits per heavy atom. The number of fused-ring (bicyclic) bond motifs is 5. The largest absolute Gasteiger partial charge is 0.456 e. The van der Waals surface area contributed by atoms with Gasteiger partial charge in [0.15, 0.2) is 12.4 Å². The smallest absolute Gasteiger partial charge is 0.343 e. The molecule has 5 unspecified atom stereocenters. The van der Waals surface area contributed by atoms with E-state index in [-0.39, 0.29) is 41.4 Å².